The molecule has 3 aliphatic rings. The van der Waals surface area contributed by atoms with Crippen LogP contribution in [0.25, 0.3) is 10.4 Å². The van der Waals surface area contributed by atoms with E-state index in [9.17, 15) is 0 Å². The molecule has 0 aromatic heterocycles. The van der Waals surface area contributed by atoms with Crippen LogP contribution in [-0.2, 0) is 4.74 Å². The number of hydrogen-bond acceptors (Lipinski definition) is 2. The highest BCUT2D eigenvalue weighted by atomic mass is 16.6. The number of ether oxygens (including phenoxy) is 1. The molecular weight excluding hydrogens is 202 g/mol. The molecule has 0 aromatic rings. The van der Waals surface area contributed by atoms with E-state index >= 15 is 0 Å². The first-order chi connectivity index (χ1) is 7.80. The van der Waals surface area contributed by atoms with Gasteiger partial charge >= 0.3 is 0 Å². The average molecular weight is 221 g/mol. The van der Waals surface area contributed by atoms with Crippen LogP contribution in [0.15, 0.2) is 5.11 Å². The molecule has 0 aromatic carbocycles. The average Bonchev–Trinajstić information content (AvgIpc) is 3.15. The van der Waals surface area contributed by atoms with Crippen LogP contribution in [0.3, 0.4) is 0 Å². The normalized spacial score (nSPS) is 39.1. The maximum absolute atomic E-state index is 8.29. The molecule has 2 aliphatic carbocycles. The summed E-state index contributed by atoms with van der Waals surface area (Å²) in [5.41, 5.74) is 8.87. The summed E-state index contributed by atoms with van der Waals surface area (Å²) in [6.07, 6.45) is 10.0. The number of epoxide rings is 1. The van der Waals surface area contributed by atoms with Gasteiger partial charge in [-0.25, -0.2) is 0 Å². The SMILES string of the molecule is [N-]=[N+]=NCCC1CCCC[C@@]2(C1)OC21CC1. The van der Waals surface area contributed by atoms with E-state index in [0.717, 1.165) is 6.42 Å². The van der Waals surface area contributed by atoms with Crippen LogP contribution in [0.1, 0.15) is 51.4 Å². The Morgan fingerprint density at radius 1 is 1.25 bits per heavy atom. The zero-order chi connectivity index (χ0) is 11.1. The summed E-state index contributed by atoms with van der Waals surface area (Å²) >= 11 is 0. The van der Waals surface area contributed by atoms with Gasteiger partial charge in [-0.2, -0.15) is 0 Å². The van der Waals surface area contributed by atoms with Gasteiger partial charge in [0.25, 0.3) is 0 Å². The lowest BCUT2D eigenvalue weighted by Gasteiger charge is -2.16. The summed E-state index contributed by atoms with van der Waals surface area (Å²) in [7, 11) is 0. The molecule has 2 atom stereocenters. The fourth-order valence-corrected chi connectivity index (χ4v) is 3.57. The van der Waals surface area contributed by atoms with Crippen molar-refractivity contribution in [2.24, 2.45) is 11.0 Å². The highest BCUT2D eigenvalue weighted by Crippen LogP contribution is 2.69. The first kappa shape index (κ1) is 10.4. The van der Waals surface area contributed by atoms with Gasteiger partial charge in [0.15, 0.2) is 0 Å². The van der Waals surface area contributed by atoms with Crippen molar-refractivity contribution in [3.05, 3.63) is 10.4 Å². The van der Waals surface area contributed by atoms with Crippen molar-refractivity contribution in [1.29, 1.82) is 0 Å². The van der Waals surface area contributed by atoms with Crippen molar-refractivity contribution in [3.63, 3.8) is 0 Å². The van der Waals surface area contributed by atoms with Gasteiger partial charge in [-0.05, 0) is 43.6 Å². The predicted octanol–water partition coefficient (Wildman–Crippen LogP) is 3.57. The lowest BCUT2D eigenvalue weighted by atomic mass is 9.87. The zero-order valence-corrected chi connectivity index (χ0v) is 9.69. The monoisotopic (exact) mass is 221 g/mol. The van der Waals surface area contributed by atoms with Crippen LogP contribution < -0.4 is 0 Å². The first-order valence-corrected chi connectivity index (χ1v) is 6.51. The van der Waals surface area contributed by atoms with Gasteiger partial charge in [-0.1, -0.05) is 24.4 Å². The minimum Gasteiger partial charge on any atom is -0.363 e. The molecular formula is C12H19N3O. The highest BCUT2D eigenvalue weighted by molar-refractivity contribution is 5.25. The number of nitrogens with zero attached hydrogens (tertiary/aromatic N) is 3. The second-order valence-electron chi connectivity index (χ2n) is 5.65. The quantitative estimate of drug-likeness (QED) is 0.311. The molecule has 0 amide bonds. The summed E-state index contributed by atoms with van der Waals surface area (Å²) in [4.78, 5) is 2.83. The third-order valence-corrected chi connectivity index (χ3v) is 4.65. The summed E-state index contributed by atoms with van der Waals surface area (Å²) in [5, 5.41) is 3.66. The number of rotatable bonds is 3. The fraction of sp³-hybridized carbons (Fsp3) is 1.00. The molecule has 0 radical (unpaired) electrons. The van der Waals surface area contributed by atoms with Crippen molar-refractivity contribution in [2.45, 2.75) is 62.6 Å². The summed E-state index contributed by atoms with van der Waals surface area (Å²) in [6, 6.07) is 0. The Hall–Kier alpha value is -0.730. The Labute approximate surface area is 96.0 Å². The molecule has 1 saturated heterocycles. The lowest BCUT2D eigenvalue weighted by Crippen LogP contribution is -2.19. The number of fused-ring (bicyclic) bond motifs is 1. The van der Waals surface area contributed by atoms with Crippen molar-refractivity contribution < 1.29 is 4.74 Å². The van der Waals surface area contributed by atoms with Crippen LogP contribution in [0, 0.1) is 5.92 Å². The second kappa shape index (κ2) is 3.64. The zero-order valence-electron chi connectivity index (χ0n) is 9.69. The maximum atomic E-state index is 8.29. The fourth-order valence-electron chi connectivity index (χ4n) is 3.57. The Balaban J connectivity index is 1.60. The van der Waals surface area contributed by atoms with Crippen molar-refractivity contribution in [1.82, 2.24) is 0 Å². The van der Waals surface area contributed by atoms with Gasteiger partial charge in [0.2, 0.25) is 0 Å². The topological polar surface area (TPSA) is 61.3 Å². The molecule has 16 heavy (non-hydrogen) atoms. The Morgan fingerprint density at radius 3 is 2.81 bits per heavy atom. The van der Waals surface area contributed by atoms with E-state index in [0.29, 0.717) is 18.1 Å². The molecule has 2 spiro atoms. The van der Waals surface area contributed by atoms with Gasteiger partial charge in [0.05, 0.1) is 11.2 Å². The van der Waals surface area contributed by atoms with Crippen molar-refractivity contribution >= 4 is 0 Å². The van der Waals surface area contributed by atoms with E-state index in [1.54, 1.807) is 0 Å². The van der Waals surface area contributed by atoms with Crippen LogP contribution in [0.5, 0.6) is 0 Å². The van der Waals surface area contributed by atoms with Gasteiger partial charge < -0.3 is 4.74 Å². The van der Waals surface area contributed by atoms with Crippen LogP contribution >= 0.6 is 0 Å². The third kappa shape index (κ3) is 1.61. The molecule has 4 heteroatoms. The van der Waals surface area contributed by atoms with E-state index in [2.05, 4.69) is 10.0 Å². The first-order valence-electron chi connectivity index (χ1n) is 6.51. The largest absolute Gasteiger partial charge is 0.363 e. The van der Waals surface area contributed by atoms with E-state index in [1.165, 1.54) is 44.9 Å². The van der Waals surface area contributed by atoms with Crippen molar-refractivity contribution in [2.75, 3.05) is 6.54 Å². The summed E-state index contributed by atoms with van der Waals surface area (Å²) in [5.74, 6) is 0.716. The van der Waals surface area contributed by atoms with Crippen LogP contribution in [0.4, 0.5) is 0 Å². The maximum Gasteiger partial charge on any atom is 0.0982 e. The van der Waals surface area contributed by atoms with Gasteiger partial charge in [-0.3, -0.25) is 0 Å². The molecule has 0 N–H and O–H groups in total. The Morgan fingerprint density at radius 2 is 2.12 bits per heavy atom. The van der Waals surface area contributed by atoms with Crippen LogP contribution in [0.2, 0.25) is 0 Å². The molecule has 3 fully saturated rings. The molecule has 4 nitrogen and oxygen atoms in total. The van der Waals surface area contributed by atoms with E-state index in [1.807, 2.05) is 0 Å². The van der Waals surface area contributed by atoms with Crippen molar-refractivity contribution in [3.8, 4) is 0 Å². The molecule has 88 valence electrons. The predicted molar refractivity (Wildman–Crippen MR) is 61.0 cm³/mol. The van der Waals surface area contributed by atoms with Crippen LogP contribution in [-0.4, -0.2) is 17.7 Å². The van der Waals surface area contributed by atoms with Gasteiger partial charge in [-0.15, -0.1) is 0 Å². The molecule has 3 rings (SSSR count). The molecule has 1 unspecified atom stereocenters. The summed E-state index contributed by atoms with van der Waals surface area (Å²) in [6.45, 7) is 0.657. The van der Waals surface area contributed by atoms with E-state index in [-0.39, 0.29) is 5.60 Å². The Bertz CT molecular complexity index is 333. The van der Waals surface area contributed by atoms with E-state index < -0.39 is 0 Å². The lowest BCUT2D eigenvalue weighted by molar-refractivity contribution is 0.242. The Kier molecular flexibility index (Phi) is 2.37. The molecule has 2 saturated carbocycles. The minimum absolute atomic E-state index is 0.254. The molecule has 1 heterocycles. The highest BCUT2D eigenvalue weighted by Gasteiger charge is 2.76. The number of azide groups is 1. The number of hydrogen-bond donors (Lipinski definition) is 0. The van der Waals surface area contributed by atoms with Gasteiger partial charge in [0, 0.05) is 11.5 Å². The molecule has 0 bridgehead atoms. The smallest absolute Gasteiger partial charge is 0.0982 e. The second-order valence-corrected chi connectivity index (χ2v) is 5.65. The standard InChI is InChI=1S/C12H19N3O/c13-15-14-8-4-10-3-1-2-5-12(9-10)11(16-12)6-7-11/h10H,1-9H2/t10?,12-/m0/s1. The summed E-state index contributed by atoms with van der Waals surface area (Å²) < 4.78 is 6.06. The minimum atomic E-state index is 0.254. The molecule has 1 aliphatic heterocycles. The van der Waals surface area contributed by atoms with E-state index in [4.69, 9.17) is 10.3 Å². The van der Waals surface area contributed by atoms with Gasteiger partial charge in [0.1, 0.15) is 0 Å². The third-order valence-electron chi connectivity index (χ3n) is 4.65.